The summed E-state index contributed by atoms with van der Waals surface area (Å²) < 4.78 is 13.3. The summed E-state index contributed by atoms with van der Waals surface area (Å²) in [5, 5.41) is 3.31. The fourth-order valence-electron chi connectivity index (χ4n) is 3.41. The monoisotopic (exact) mass is 326 g/mol. The van der Waals surface area contributed by atoms with Gasteiger partial charge >= 0.3 is 0 Å². The number of nitrogens with zero attached hydrogens (tertiary/aromatic N) is 3. The quantitative estimate of drug-likeness (QED) is 0.916. The molecule has 2 aliphatic rings. The Balaban J connectivity index is 1.49. The molecule has 5 nitrogen and oxygen atoms in total. The largest absolute Gasteiger partial charge is 0.338 e. The van der Waals surface area contributed by atoms with Crippen molar-refractivity contribution in [2.24, 2.45) is 0 Å². The van der Waals surface area contributed by atoms with Gasteiger partial charge in [0, 0.05) is 61.5 Å². The maximum Gasteiger partial charge on any atom is 0.253 e. The van der Waals surface area contributed by atoms with E-state index in [-0.39, 0.29) is 17.6 Å². The van der Waals surface area contributed by atoms with Gasteiger partial charge in [-0.05, 0) is 24.6 Å². The van der Waals surface area contributed by atoms with Crippen LogP contribution in [0.1, 0.15) is 39.8 Å². The van der Waals surface area contributed by atoms with Crippen molar-refractivity contribution in [1.82, 2.24) is 20.2 Å². The second-order valence-electron chi connectivity index (χ2n) is 6.37. The highest BCUT2D eigenvalue weighted by molar-refractivity contribution is 5.94. The molecule has 1 fully saturated rings. The van der Waals surface area contributed by atoms with Crippen molar-refractivity contribution < 1.29 is 9.18 Å². The third-order valence-corrected chi connectivity index (χ3v) is 4.74. The number of amides is 1. The van der Waals surface area contributed by atoms with Gasteiger partial charge in [-0.15, -0.1) is 0 Å². The zero-order valence-electron chi connectivity index (χ0n) is 13.3. The summed E-state index contributed by atoms with van der Waals surface area (Å²) in [7, 11) is 0. The number of likely N-dealkylation sites (tertiary alicyclic amines) is 1. The highest BCUT2D eigenvalue weighted by atomic mass is 19.1. The Bertz CT molecular complexity index is 779. The van der Waals surface area contributed by atoms with E-state index < -0.39 is 0 Å². The normalized spacial score (nSPS) is 20.0. The van der Waals surface area contributed by atoms with Crippen LogP contribution in [0.25, 0.3) is 0 Å². The topological polar surface area (TPSA) is 58.1 Å². The first-order valence-electron chi connectivity index (χ1n) is 8.31. The first kappa shape index (κ1) is 15.2. The van der Waals surface area contributed by atoms with E-state index in [0.717, 1.165) is 43.0 Å². The van der Waals surface area contributed by atoms with Crippen LogP contribution in [0.3, 0.4) is 0 Å². The lowest BCUT2D eigenvalue weighted by molar-refractivity contribution is 0.0790. The van der Waals surface area contributed by atoms with E-state index >= 15 is 0 Å². The zero-order valence-corrected chi connectivity index (χ0v) is 13.3. The third kappa shape index (κ3) is 2.89. The highest BCUT2D eigenvalue weighted by Crippen LogP contribution is 2.27. The lowest BCUT2D eigenvalue weighted by Crippen LogP contribution is -2.29. The van der Waals surface area contributed by atoms with Crippen LogP contribution in [0.4, 0.5) is 4.39 Å². The lowest BCUT2D eigenvalue weighted by Gasteiger charge is -2.19. The van der Waals surface area contributed by atoms with E-state index in [1.807, 2.05) is 6.20 Å². The summed E-state index contributed by atoms with van der Waals surface area (Å²) in [6, 6.07) is 5.86. The van der Waals surface area contributed by atoms with Gasteiger partial charge in [0.05, 0.1) is 0 Å². The number of hydrogen-bond acceptors (Lipinski definition) is 4. The van der Waals surface area contributed by atoms with E-state index in [9.17, 15) is 9.18 Å². The minimum Gasteiger partial charge on any atom is -0.338 e. The fourth-order valence-corrected chi connectivity index (χ4v) is 3.41. The SMILES string of the molecule is O=C(c1cccc(F)c1)N1CC[C@H](c2ncc3c(n2)CCNC3)C1. The van der Waals surface area contributed by atoms with Gasteiger partial charge < -0.3 is 10.2 Å². The summed E-state index contributed by atoms with van der Waals surface area (Å²) in [4.78, 5) is 23.5. The summed E-state index contributed by atoms with van der Waals surface area (Å²) >= 11 is 0. The molecule has 2 aliphatic heterocycles. The van der Waals surface area contributed by atoms with Crippen LogP contribution >= 0.6 is 0 Å². The van der Waals surface area contributed by atoms with Gasteiger partial charge in [0.25, 0.3) is 5.91 Å². The molecule has 1 aromatic carbocycles. The van der Waals surface area contributed by atoms with E-state index in [2.05, 4.69) is 10.3 Å². The molecule has 124 valence electrons. The number of halogens is 1. The van der Waals surface area contributed by atoms with E-state index in [4.69, 9.17) is 4.98 Å². The van der Waals surface area contributed by atoms with Crippen molar-refractivity contribution in [3.63, 3.8) is 0 Å². The van der Waals surface area contributed by atoms with Gasteiger partial charge in [0.15, 0.2) is 0 Å². The Labute approximate surface area is 139 Å². The molecule has 0 aliphatic carbocycles. The molecule has 3 heterocycles. The number of rotatable bonds is 2. The van der Waals surface area contributed by atoms with Crippen LogP contribution in [-0.4, -0.2) is 40.4 Å². The maximum atomic E-state index is 13.3. The van der Waals surface area contributed by atoms with E-state index in [1.54, 1.807) is 17.0 Å². The molecule has 1 amide bonds. The van der Waals surface area contributed by atoms with Crippen LogP contribution in [0.15, 0.2) is 30.5 Å². The Morgan fingerprint density at radius 2 is 2.29 bits per heavy atom. The molecular weight excluding hydrogens is 307 g/mol. The van der Waals surface area contributed by atoms with Crippen LogP contribution < -0.4 is 5.32 Å². The predicted molar refractivity (Wildman–Crippen MR) is 87.1 cm³/mol. The van der Waals surface area contributed by atoms with Crippen molar-refractivity contribution in [1.29, 1.82) is 0 Å². The molecule has 0 spiro atoms. The molecule has 1 saturated heterocycles. The number of nitrogens with one attached hydrogen (secondary N) is 1. The van der Waals surface area contributed by atoms with Crippen LogP contribution in [0.5, 0.6) is 0 Å². The molecule has 0 radical (unpaired) electrons. The summed E-state index contributed by atoms with van der Waals surface area (Å²) in [5.74, 6) is 0.468. The first-order valence-corrected chi connectivity index (χ1v) is 8.31. The number of fused-ring (bicyclic) bond motifs is 1. The van der Waals surface area contributed by atoms with Crippen molar-refractivity contribution >= 4 is 5.91 Å². The summed E-state index contributed by atoms with van der Waals surface area (Å²) in [6.07, 6.45) is 3.67. The van der Waals surface area contributed by atoms with Crippen LogP contribution in [-0.2, 0) is 13.0 Å². The molecule has 4 rings (SSSR count). The fraction of sp³-hybridized carbons (Fsp3) is 0.389. The van der Waals surface area contributed by atoms with Gasteiger partial charge in [0.1, 0.15) is 11.6 Å². The van der Waals surface area contributed by atoms with Crippen molar-refractivity contribution in [3.8, 4) is 0 Å². The molecule has 0 bridgehead atoms. The molecule has 6 heteroatoms. The van der Waals surface area contributed by atoms with E-state index in [1.165, 1.54) is 12.1 Å². The Kier molecular flexibility index (Phi) is 3.98. The van der Waals surface area contributed by atoms with Crippen LogP contribution in [0, 0.1) is 5.82 Å². The molecule has 0 unspecified atom stereocenters. The number of aromatic nitrogens is 2. The first-order chi connectivity index (χ1) is 11.7. The zero-order chi connectivity index (χ0) is 16.5. The van der Waals surface area contributed by atoms with Crippen molar-refractivity contribution in [2.75, 3.05) is 19.6 Å². The molecule has 0 saturated carbocycles. The predicted octanol–water partition coefficient (Wildman–Crippen LogP) is 1.89. The Hall–Kier alpha value is -2.34. The van der Waals surface area contributed by atoms with Gasteiger partial charge in [-0.2, -0.15) is 0 Å². The second-order valence-corrected chi connectivity index (χ2v) is 6.37. The summed E-state index contributed by atoms with van der Waals surface area (Å²) in [5.41, 5.74) is 2.68. The van der Waals surface area contributed by atoms with Crippen molar-refractivity contribution in [3.05, 3.63) is 58.9 Å². The van der Waals surface area contributed by atoms with Crippen LogP contribution in [0.2, 0.25) is 0 Å². The molecule has 24 heavy (non-hydrogen) atoms. The number of carbonyl (C=O) groups is 1. The standard InChI is InChI=1S/C18H19FN4O/c19-15-3-1-2-12(8-15)18(24)23-7-5-13(11-23)17-21-10-14-9-20-6-4-16(14)22-17/h1-3,8,10,13,20H,4-7,9,11H2/t13-/m0/s1. The molecule has 2 aromatic rings. The average molecular weight is 326 g/mol. The second kappa shape index (κ2) is 6.28. The Morgan fingerprint density at radius 1 is 1.38 bits per heavy atom. The smallest absolute Gasteiger partial charge is 0.253 e. The maximum absolute atomic E-state index is 13.3. The lowest BCUT2D eigenvalue weighted by atomic mass is 10.1. The van der Waals surface area contributed by atoms with Gasteiger partial charge in [-0.3, -0.25) is 4.79 Å². The molecule has 1 aromatic heterocycles. The number of carbonyl (C=O) groups excluding carboxylic acids is 1. The average Bonchev–Trinajstić information content (AvgIpc) is 3.11. The summed E-state index contributed by atoms with van der Waals surface area (Å²) in [6.45, 7) is 3.01. The van der Waals surface area contributed by atoms with Gasteiger partial charge in [0.2, 0.25) is 0 Å². The minimum absolute atomic E-state index is 0.126. The molecule has 1 atom stereocenters. The molecular formula is C18H19FN4O. The van der Waals surface area contributed by atoms with Gasteiger partial charge in [-0.1, -0.05) is 6.07 Å². The van der Waals surface area contributed by atoms with Crippen molar-refractivity contribution in [2.45, 2.75) is 25.3 Å². The highest BCUT2D eigenvalue weighted by Gasteiger charge is 2.30. The number of benzene rings is 1. The van der Waals surface area contributed by atoms with Gasteiger partial charge in [-0.25, -0.2) is 14.4 Å². The molecule has 1 N–H and O–H groups in total. The minimum atomic E-state index is -0.386. The Morgan fingerprint density at radius 3 is 3.17 bits per heavy atom. The van der Waals surface area contributed by atoms with E-state index in [0.29, 0.717) is 18.7 Å². The number of hydrogen-bond donors (Lipinski definition) is 1. The third-order valence-electron chi connectivity index (χ3n) is 4.74.